The van der Waals surface area contributed by atoms with Crippen molar-refractivity contribution in [2.24, 2.45) is 7.05 Å². The van der Waals surface area contributed by atoms with Gasteiger partial charge in [-0.2, -0.15) is 5.10 Å². The predicted octanol–water partition coefficient (Wildman–Crippen LogP) is 0.236. The maximum absolute atomic E-state index is 5.61. The van der Waals surface area contributed by atoms with Crippen LogP contribution in [0.3, 0.4) is 0 Å². The van der Waals surface area contributed by atoms with Crippen LogP contribution in [0.5, 0.6) is 0 Å². The molecule has 0 bridgehead atoms. The quantitative estimate of drug-likeness (QED) is 0.701. The van der Waals surface area contributed by atoms with Crippen molar-refractivity contribution < 1.29 is 0 Å². The second kappa shape index (κ2) is 4.39. The van der Waals surface area contributed by atoms with E-state index in [9.17, 15) is 0 Å². The average molecular weight is 227 g/mol. The zero-order chi connectivity index (χ0) is 10.7. The van der Waals surface area contributed by atoms with E-state index in [1.54, 1.807) is 9.36 Å². The van der Waals surface area contributed by atoms with Gasteiger partial charge in [0.15, 0.2) is 0 Å². The second-order valence-corrected chi connectivity index (χ2v) is 3.52. The van der Waals surface area contributed by atoms with Crippen LogP contribution in [0.1, 0.15) is 11.5 Å². The molecular weight excluding hydrogens is 216 g/mol. The summed E-state index contributed by atoms with van der Waals surface area (Å²) in [6, 6.07) is 0. The van der Waals surface area contributed by atoms with Crippen LogP contribution in [-0.4, -0.2) is 35.6 Å². The Balaban J connectivity index is 2.08. The average Bonchev–Trinajstić information content (AvgIpc) is 2.79. The molecule has 15 heavy (non-hydrogen) atoms. The van der Waals surface area contributed by atoms with Crippen molar-refractivity contribution in [3.63, 3.8) is 0 Å². The number of hydrogen-bond donors (Lipinski definition) is 0. The monoisotopic (exact) mass is 226 g/mol. The minimum atomic E-state index is 0.558. The Morgan fingerprint density at radius 3 is 3.00 bits per heavy atom. The SMILES string of the molecule is Cn1ncnc1Cn1cc(CCCl)nn1. The first kappa shape index (κ1) is 10.1. The van der Waals surface area contributed by atoms with Gasteiger partial charge in [-0.05, 0) is 0 Å². The van der Waals surface area contributed by atoms with Gasteiger partial charge in [0.1, 0.15) is 18.7 Å². The highest BCUT2D eigenvalue weighted by Gasteiger charge is 2.04. The molecule has 0 spiro atoms. The summed E-state index contributed by atoms with van der Waals surface area (Å²) in [6.07, 6.45) is 4.13. The van der Waals surface area contributed by atoms with Crippen molar-refractivity contribution in [2.75, 3.05) is 5.88 Å². The summed E-state index contributed by atoms with van der Waals surface area (Å²) in [5, 5.41) is 11.9. The van der Waals surface area contributed by atoms with Crippen molar-refractivity contribution in [2.45, 2.75) is 13.0 Å². The molecule has 0 aliphatic rings. The highest BCUT2D eigenvalue weighted by atomic mass is 35.5. The summed E-state index contributed by atoms with van der Waals surface area (Å²) >= 11 is 5.61. The van der Waals surface area contributed by atoms with Gasteiger partial charge in [0.2, 0.25) is 0 Å². The van der Waals surface area contributed by atoms with E-state index in [0.29, 0.717) is 12.4 Å². The number of alkyl halides is 1. The molecule has 0 aliphatic heterocycles. The molecule has 2 heterocycles. The lowest BCUT2D eigenvalue weighted by atomic mass is 10.4. The largest absolute Gasteiger partial charge is 0.251 e. The van der Waals surface area contributed by atoms with Gasteiger partial charge in [-0.3, -0.25) is 4.68 Å². The highest BCUT2D eigenvalue weighted by Crippen LogP contribution is 1.99. The number of halogens is 1. The molecule has 0 radical (unpaired) electrons. The summed E-state index contributed by atoms with van der Waals surface area (Å²) < 4.78 is 3.44. The standard InChI is InChI=1S/C8H11ClN6/c1-14-8(10-6-11-14)5-15-4-7(2-3-9)12-13-15/h4,6H,2-3,5H2,1H3. The number of aromatic nitrogens is 6. The van der Waals surface area contributed by atoms with E-state index < -0.39 is 0 Å². The van der Waals surface area contributed by atoms with Crippen molar-refractivity contribution in [3.05, 3.63) is 24.0 Å². The van der Waals surface area contributed by atoms with Gasteiger partial charge < -0.3 is 0 Å². The summed E-state index contributed by atoms with van der Waals surface area (Å²) in [5.41, 5.74) is 0.896. The van der Waals surface area contributed by atoms with Crippen LogP contribution in [0.25, 0.3) is 0 Å². The summed E-state index contributed by atoms with van der Waals surface area (Å²) in [4.78, 5) is 4.10. The number of hydrogen-bond acceptors (Lipinski definition) is 4. The molecular formula is C8H11ClN6. The Hall–Kier alpha value is -1.43. The van der Waals surface area contributed by atoms with Crippen molar-refractivity contribution >= 4 is 11.6 Å². The number of rotatable bonds is 4. The van der Waals surface area contributed by atoms with Gasteiger partial charge in [0.25, 0.3) is 0 Å². The summed E-state index contributed by atoms with van der Waals surface area (Å²) in [5.74, 6) is 1.40. The van der Waals surface area contributed by atoms with Crippen molar-refractivity contribution in [1.82, 2.24) is 29.8 Å². The lowest BCUT2D eigenvalue weighted by molar-refractivity contribution is 0.589. The lowest BCUT2D eigenvalue weighted by Gasteiger charge is -1.98. The van der Waals surface area contributed by atoms with Gasteiger partial charge in [-0.1, -0.05) is 5.21 Å². The Kier molecular flexibility index (Phi) is 2.96. The molecule has 0 aliphatic carbocycles. The molecule has 2 aromatic heterocycles. The fraction of sp³-hybridized carbons (Fsp3) is 0.500. The van der Waals surface area contributed by atoms with E-state index in [-0.39, 0.29) is 0 Å². The van der Waals surface area contributed by atoms with E-state index in [1.807, 2.05) is 13.2 Å². The minimum absolute atomic E-state index is 0.558. The normalized spacial score (nSPS) is 10.8. The molecule has 0 aromatic carbocycles. The first-order chi connectivity index (χ1) is 7.29. The third-order valence-corrected chi connectivity index (χ3v) is 2.23. The second-order valence-electron chi connectivity index (χ2n) is 3.15. The molecule has 80 valence electrons. The Bertz CT molecular complexity index is 434. The Morgan fingerprint density at radius 2 is 2.33 bits per heavy atom. The first-order valence-corrected chi connectivity index (χ1v) is 5.11. The van der Waals surface area contributed by atoms with E-state index in [2.05, 4.69) is 20.4 Å². The van der Waals surface area contributed by atoms with E-state index >= 15 is 0 Å². The van der Waals surface area contributed by atoms with Gasteiger partial charge in [0.05, 0.1) is 5.69 Å². The summed E-state index contributed by atoms with van der Waals surface area (Å²) in [6.45, 7) is 0.575. The molecule has 6 nitrogen and oxygen atoms in total. The molecule has 0 amide bonds. The van der Waals surface area contributed by atoms with Crippen LogP contribution in [0.4, 0.5) is 0 Å². The van der Waals surface area contributed by atoms with Gasteiger partial charge in [-0.15, -0.1) is 16.7 Å². The molecule has 0 unspecified atom stereocenters. The van der Waals surface area contributed by atoms with Crippen LogP contribution in [0.15, 0.2) is 12.5 Å². The van der Waals surface area contributed by atoms with Crippen LogP contribution in [-0.2, 0) is 20.0 Å². The smallest absolute Gasteiger partial charge is 0.148 e. The maximum atomic E-state index is 5.61. The van der Waals surface area contributed by atoms with Crippen molar-refractivity contribution in [1.29, 1.82) is 0 Å². The van der Waals surface area contributed by atoms with Crippen LogP contribution >= 0.6 is 11.6 Å². The predicted molar refractivity (Wildman–Crippen MR) is 54.6 cm³/mol. The molecule has 0 fully saturated rings. The molecule has 0 N–H and O–H groups in total. The fourth-order valence-electron chi connectivity index (χ4n) is 1.24. The van der Waals surface area contributed by atoms with Crippen molar-refractivity contribution in [3.8, 4) is 0 Å². The summed E-state index contributed by atoms with van der Waals surface area (Å²) in [7, 11) is 1.85. The minimum Gasteiger partial charge on any atom is -0.251 e. The van der Waals surface area contributed by atoms with E-state index in [4.69, 9.17) is 11.6 Å². The van der Waals surface area contributed by atoms with Gasteiger partial charge in [-0.25, -0.2) is 9.67 Å². The van der Waals surface area contributed by atoms with E-state index in [1.165, 1.54) is 6.33 Å². The van der Waals surface area contributed by atoms with E-state index in [0.717, 1.165) is 17.9 Å². The van der Waals surface area contributed by atoms with Crippen LogP contribution in [0.2, 0.25) is 0 Å². The number of aryl methyl sites for hydroxylation is 2. The Labute approximate surface area is 91.9 Å². The van der Waals surface area contributed by atoms with Gasteiger partial charge >= 0.3 is 0 Å². The van der Waals surface area contributed by atoms with Crippen LogP contribution in [0, 0.1) is 0 Å². The lowest BCUT2D eigenvalue weighted by Crippen LogP contribution is -2.07. The molecule has 7 heteroatoms. The first-order valence-electron chi connectivity index (χ1n) is 4.57. The molecule has 2 aromatic rings. The topological polar surface area (TPSA) is 61.4 Å². The number of nitrogens with zero attached hydrogens (tertiary/aromatic N) is 6. The van der Waals surface area contributed by atoms with Gasteiger partial charge in [0, 0.05) is 25.5 Å². The molecule has 2 rings (SSSR count). The third kappa shape index (κ3) is 2.33. The fourth-order valence-corrected chi connectivity index (χ4v) is 1.43. The zero-order valence-electron chi connectivity index (χ0n) is 8.34. The maximum Gasteiger partial charge on any atom is 0.148 e. The zero-order valence-corrected chi connectivity index (χ0v) is 9.09. The third-order valence-electron chi connectivity index (χ3n) is 2.05. The Morgan fingerprint density at radius 1 is 1.47 bits per heavy atom. The molecule has 0 atom stereocenters. The molecule has 0 saturated heterocycles. The highest BCUT2D eigenvalue weighted by molar-refractivity contribution is 6.17. The van der Waals surface area contributed by atoms with Crippen LogP contribution < -0.4 is 0 Å². The molecule has 0 saturated carbocycles.